The van der Waals surface area contributed by atoms with Crippen molar-refractivity contribution in [3.8, 4) is 0 Å². The van der Waals surface area contributed by atoms with E-state index in [0.717, 1.165) is 0 Å². The van der Waals surface area contributed by atoms with Crippen LogP contribution in [0, 0.1) is 20.2 Å². The van der Waals surface area contributed by atoms with Crippen LogP contribution in [0.2, 0.25) is 0 Å². The van der Waals surface area contributed by atoms with Gasteiger partial charge in [-0.25, -0.2) is 0 Å². The zero-order valence-corrected chi connectivity index (χ0v) is 7.99. The van der Waals surface area contributed by atoms with Gasteiger partial charge in [-0.1, -0.05) is 0 Å². The van der Waals surface area contributed by atoms with Crippen LogP contribution < -0.4 is 0 Å². The van der Waals surface area contributed by atoms with Crippen LogP contribution in [0.4, 0.5) is 11.4 Å². The van der Waals surface area contributed by atoms with Gasteiger partial charge in [0.25, 0.3) is 0 Å². The van der Waals surface area contributed by atoms with Gasteiger partial charge in [-0.2, -0.15) is 10.2 Å². The van der Waals surface area contributed by atoms with E-state index in [1.165, 1.54) is 12.1 Å². The molecule has 1 aromatic carbocycles. The van der Waals surface area contributed by atoms with Gasteiger partial charge in [0.05, 0.1) is 22.9 Å². The van der Waals surface area contributed by atoms with Gasteiger partial charge in [-0.15, -0.1) is 0 Å². The Hall–Kier alpha value is -2.38. The molecule has 1 aliphatic rings. The molecule has 0 aliphatic carbocycles. The van der Waals surface area contributed by atoms with Crippen molar-refractivity contribution >= 4 is 11.4 Å². The quantitative estimate of drug-likeness (QED) is 0.562. The molecule has 0 saturated heterocycles. The summed E-state index contributed by atoms with van der Waals surface area (Å²) < 4.78 is 0. The maximum absolute atomic E-state index is 10.7. The molecular weight excluding hydrogens is 216 g/mol. The molecule has 0 radical (unpaired) electrons. The first-order valence-electron chi connectivity index (χ1n) is 4.37. The van der Waals surface area contributed by atoms with E-state index in [1.54, 1.807) is 0 Å². The summed E-state index contributed by atoms with van der Waals surface area (Å²) in [6.45, 7) is 0.461. The van der Waals surface area contributed by atoms with E-state index in [9.17, 15) is 20.2 Å². The molecule has 0 saturated carbocycles. The first kappa shape index (κ1) is 10.1. The fraction of sp³-hybridized carbons (Fsp3) is 0.250. The zero-order valence-electron chi connectivity index (χ0n) is 7.99. The van der Waals surface area contributed by atoms with Crippen molar-refractivity contribution in [2.24, 2.45) is 10.2 Å². The first-order valence-corrected chi connectivity index (χ1v) is 4.37. The average Bonchev–Trinajstić information content (AvgIpc) is 2.27. The van der Waals surface area contributed by atoms with Crippen LogP contribution in [0.3, 0.4) is 0 Å². The molecule has 0 amide bonds. The second-order valence-electron chi connectivity index (χ2n) is 3.22. The van der Waals surface area contributed by atoms with Crippen molar-refractivity contribution in [1.29, 1.82) is 0 Å². The van der Waals surface area contributed by atoms with Crippen LogP contribution >= 0.6 is 0 Å². The molecular formula is C8H6N4O4. The van der Waals surface area contributed by atoms with E-state index in [1.807, 2.05) is 0 Å². The van der Waals surface area contributed by atoms with Gasteiger partial charge in [-0.05, 0) is 11.1 Å². The van der Waals surface area contributed by atoms with Crippen molar-refractivity contribution in [3.63, 3.8) is 0 Å². The molecule has 1 aromatic rings. The molecule has 0 unspecified atom stereocenters. The Kier molecular flexibility index (Phi) is 2.31. The summed E-state index contributed by atoms with van der Waals surface area (Å²) in [5, 5.41) is 28.8. The van der Waals surface area contributed by atoms with E-state index in [2.05, 4.69) is 10.2 Å². The number of nitro benzene ring substituents is 2. The van der Waals surface area contributed by atoms with Crippen molar-refractivity contribution in [3.05, 3.63) is 43.5 Å². The summed E-state index contributed by atoms with van der Waals surface area (Å²) in [6.07, 6.45) is 0. The normalized spacial score (nSPS) is 13.2. The molecule has 16 heavy (non-hydrogen) atoms. The molecule has 8 heteroatoms. The average molecular weight is 222 g/mol. The highest BCUT2D eigenvalue weighted by molar-refractivity contribution is 5.57. The van der Waals surface area contributed by atoms with Crippen LogP contribution in [-0.4, -0.2) is 9.85 Å². The number of benzene rings is 1. The minimum atomic E-state index is -0.760. The first-order chi connectivity index (χ1) is 7.59. The Balaban J connectivity index is 2.61. The maximum Gasteiger partial charge on any atom is 0.346 e. The topological polar surface area (TPSA) is 111 Å². The predicted molar refractivity (Wildman–Crippen MR) is 52.0 cm³/mol. The van der Waals surface area contributed by atoms with Gasteiger partial charge >= 0.3 is 11.4 Å². The fourth-order valence-corrected chi connectivity index (χ4v) is 1.50. The monoisotopic (exact) mass is 222 g/mol. The van der Waals surface area contributed by atoms with Gasteiger partial charge in [0.15, 0.2) is 0 Å². The lowest BCUT2D eigenvalue weighted by molar-refractivity contribution is -0.422. The lowest BCUT2D eigenvalue weighted by atomic mass is 10.0. The third-order valence-corrected chi connectivity index (χ3v) is 2.27. The lowest BCUT2D eigenvalue weighted by Gasteiger charge is -2.08. The van der Waals surface area contributed by atoms with Crippen LogP contribution in [-0.2, 0) is 13.1 Å². The van der Waals surface area contributed by atoms with Gasteiger partial charge in [0, 0.05) is 12.1 Å². The van der Waals surface area contributed by atoms with Crippen molar-refractivity contribution in [1.82, 2.24) is 0 Å². The van der Waals surface area contributed by atoms with E-state index in [4.69, 9.17) is 0 Å². The second kappa shape index (κ2) is 3.65. The van der Waals surface area contributed by atoms with Gasteiger partial charge in [0.1, 0.15) is 0 Å². The molecule has 0 atom stereocenters. The van der Waals surface area contributed by atoms with Crippen molar-refractivity contribution in [2.45, 2.75) is 13.1 Å². The highest BCUT2D eigenvalue weighted by Crippen LogP contribution is 2.32. The third kappa shape index (κ3) is 1.60. The van der Waals surface area contributed by atoms with Crippen LogP contribution in [0.1, 0.15) is 11.1 Å². The summed E-state index contributed by atoms with van der Waals surface area (Å²) in [7, 11) is 0. The number of nitrogens with zero attached hydrogens (tertiary/aromatic N) is 4. The number of rotatable bonds is 2. The zero-order chi connectivity index (χ0) is 11.7. The number of hydrogen-bond acceptors (Lipinski definition) is 6. The Bertz CT molecular complexity index is 466. The van der Waals surface area contributed by atoms with Crippen LogP contribution in [0.15, 0.2) is 22.4 Å². The molecule has 1 aliphatic heterocycles. The fourth-order valence-electron chi connectivity index (χ4n) is 1.50. The summed E-state index contributed by atoms with van der Waals surface area (Å²) in [5.41, 5.74) is 0.237. The Morgan fingerprint density at radius 2 is 1.31 bits per heavy atom. The lowest BCUT2D eigenvalue weighted by Crippen LogP contribution is -2.03. The highest BCUT2D eigenvalue weighted by Gasteiger charge is 2.27. The van der Waals surface area contributed by atoms with Crippen LogP contribution in [0.25, 0.3) is 0 Å². The Morgan fingerprint density at radius 1 is 0.938 bits per heavy atom. The number of nitro groups is 2. The molecule has 0 spiro atoms. The maximum atomic E-state index is 10.7. The second-order valence-corrected chi connectivity index (χ2v) is 3.22. The molecule has 0 aromatic heterocycles. The third-order valence-electron chi connectivity index (χ3n) is 2.27. The molecule has 8 nitrogen and oxygen atoms in total. The number of fused-ring (bicyclic) bond motifs is 1. The van der Waals surface area contributed by atoms with Gasteiger partial charge < -0.3 is 0 Å². The predicted octanol–water partition coefficient (Wildman–Crippen LogP) is 1.97. The Morgan fingerprint density at radius 3 is 1.62 bits per heavy atom. The molecule has 2 rings (SSSR count). The minimum Gasteiger partial charge on any atom is -0.258 e. The summed E-state index contributed by atoms with van der Waals surface area (Å²) in [5.74, 6) is 0. The molecule has 0 fully saturated rings. The largest absolute Gasteiger partial charge is 0.346 e. The SMILES string of the molecule is O=[N+]([O-])c1cc2c(cc1[N+](=O)[O-])CN=NC2. The summed E-state index contributed by atoms with van der Waals surface area (Å²) in [6, 6.07) is 2.40. The standard InChI is InChI=1S/C8H6N4O4/c13-11(14)7-1-5-3-9-10-4-6(5)2-8(7)12(15)16/h1-2H,3-4H2. The molecule has 0 bridgehead atoms. The van der Waals surface area contributed by atoms with Crippen LogP contribution in [0.5, 0.6) is 0 Å². The summed E-state index contributed by atoms with van der Waals surface area (Å²) in [4.78, 5) is 19.8. The molecule has 1 heterocycles. The summed E-state index contributed by atoms with van der Waals surface area (Å²) >= 11 is 0. The smallest absolute Gasteiger partial charge is 0.258 e. The highest BCUT2D eigenvalue weighted by atomic mass is 16.6. The van der Waals surface area contributed by atoms with E-state index >= 15 is 0 Å². The Labute approximate surface area is 88.9 Å². The molecule has 82 valence electrons. The van der Waals surface area contributed by atoms with Crippen molar-refractivity contribution < 1.29 is 9.85 Å². The van der Waals surface area contributed by atoms with Gasteiger partial charge in [0.2, 0.25) is 0 Å². The van der Waals surface area contributed by atoms with Gasteiger partial charge in [-0.3, -0.25) is 20.2 Å². The van der Waals surface area contributed by atoms with E-state index in [0.29, 0.717) is 11.1 Å². The number of azo groups is 1. The van der Waals surface area contributed by atoms with Crippen molar-refractivity contribution in [2.75, 3.05) is 0 Å². The van der Waals surface area contributed by atoms with E-state index < -0.39 is 21.2 Å². The number of hydrogen-bond donors (Lipinski definition) is 0. The molecule has 0 N–H and O–H groups in total. The van der Waals surface area contributed by atoms with E-state index in [-0.39, 0.29) is 13.1 Å². The minimum absolute atomic E-state index is 0.230.